The summed E-state index contributed by atoms with van der Waals surface area (Å²) in [6.07, 6.45) is -0.259. The zero-order chi connectivity index (χ0) is 13.6. The number of thioether (sulfide) groups is 1. The van der Waals surface area contributed by atoms with E-state index in [0.29, 0.717) is 17.2 Å². The van der Waals surface area contributed by atoms with Gasteiger partial charge in [0.05, 0.1) is 13.0 Å². The average Bonchev–Trinajstić information content (AvgIpc) is 2.68. The summed E-state index contributed by atoms with van der Waals surface area (Å²) in [4.78, 5) is 16.7. The number of allylic oxidation sites excluding steroid dienone is 1. The predicted molar refractivity (Wildman–Crippen MR) is 65.5 cm³/mol. The Morgan fingerprint density at radius 1 is 1.67 bits per heavy atom. The van der Waals surface area contributed by atoms with Crippen molar-refractivity contribution < 1.29 is 23.1 Å². The Kier molecular flexibility index (Phi) is 5.58. The van der Waals surface area contributed by atoms with E-state index in [1.807, 2.05) is 0 Å². The van der Waals surface area contributed by atoms with Crippen molar-refractivity contribution in [3.8, 4) is 0 Å². The van der Waals surface area contributed by atoms with Crippen molar-refractivity contribution >= 4 is 22.8 Å². The minimum Gasteiger partial charge on any atom is -0.463 e. The molecule has 0 saturated heterocycles. The van der Waals surface area contributed by atoms with Crippen molar-refractivity contribution in [1.29, 1.82) is 0 Å². The van der Waals surface area contributed by atoms with Crippen LogP contribution in [0.3, 0.4) is 0 Å². The molecule has 1 rings (SSSR count). The van der Waals surface area contributed by atoms with Gasteiger partial charge >= 0.3 is 5.97 Å². The number of hydrogen-bond donors (Lipinski definition) is 0. The summed E-state index contributed by atoms with van der Waals surface area (Å²) >= 11 is 1.30. The first-order valence-electron chi connectivity index (χ1n) is 5.54. The molecule has 0 aromatic rings. The van der Waals surface area contributed by atoms with Crippen LogP contribution in [0.1, 0.15) is 26.7 Å². The fourth-order valence-corrected chi connectivity index (χ4v) is 2.26. The Balaban J connectivity index is 2.36. The largest absolute Gasteiger partial charge is 0.463 e. The van der Waals surface area contributed by atoms with Crippen molar-refractivity contribution in [2.45, 2.75) is 32.3 Å². The van der Waals surface area contributed by atoms with E-state index in [0.717, 1.165) is 6.08 Å². The summed E-state index contributed by atoms with van der Waals surface area (Å²) in [7, 11) is 0. The maximum atomic E-state index is 11.8. The molecule has 1 atom stereocenters. The van der Waals surface area contributed by atoms with Gasteiger partial charge in [0.15, 0.2) is 0 Å². The number of halogens is 2. The normalized spacial score (nSPS) is 22.1. The molecule has 18 heavy (non-hydrogen) atoms. The van der Waals surface area contributed by atoms with Crippen LogP contribution in [-0.4, -0.2) is 29.0 Å². The summed E-state index contributed by atoms with van der Waals surface area (Å²) in [5, 5.41) is 4.40. The molecule has 0 aromatic heterocycles. The summed E-state index contributed by atoms with van der Waals surface area (Å²) in [5.41, 5.74) is -1.08. The number of carbonyl (C=O) groups is 1. The zero-order valence-corrected chi connectivity index (χ0v) is 11.1. The number of carbonyl (C=O) groups excluding carboxylic acids is 1. The van der Waals surface area contributed by atoms with Crippen molar-refractivity contribution in [2.24, 2.45) is 5.16 Å². The Morgan fingerprint density at radius 2 is 2.39 bits per heavy atom. The predicted octanol–water partition coefficient (Wildman–Crippen LogP) is 2.95. The summed E-state index contributed by atoms with van der Waals surface area (Å²) in [6.45, 7) is 3.59. The molecule has 0 aliphatic carbocycles. The van der Waals surface area contributed by atoms with Crippen molar-refractivity contribution in [3.05, 3.63) is 12.2 Å². The smallest absolute Gasteiger partial charge is 0.353 e. The third-order valence-corrected chi connectivity index (χ3v) is 3.22. The molecule has 1 aliphatic rings. The van der Waals surface area contributed by atoms with Gasteiger partial charge in [-0.15, -0.1) is 11.8 Å². The fraction of sp³-hybridized carbons (Fsp3) is 0.636. The van der Waals surface area contributed by atoms with E-state index in [9.17, 15) is 13.6 Å². The molecule has 0 amide bonds. The van der Waals surface area contributed by atoms with Gasteiger partial charge in [-0.3, -0.25) is 0 Å². The van der Waals surface area contributed by atoms with Gasteiger partial charge in [-0.2, -0.15) is 8.78 Å². The first-order chi connectivity index (χ1) is 8.48. The van der Waals surface area contributed by atoms with Crippen LogP contribution in [0.2, 0.25) is 0 Å². The first-order valence-corrected chi connectivity index (χ1v) is 6.52. The quantitative estimate of drug-likeness (QED) is 0.573. The second-order valence-corrected chi connectivity index (χ2v) is 5.00. The lowest BCUT2D eigenvalue weighted by molar-refractivity contribution is -0.166. The molecule has 0 aromatic carbocycles. The molecular weight excluding hydrogens is 264 g/mol. The van der Waals surface area contributed by atoms with Gasteiger partial charge in [0, 0.05) is 5.75 Å². The lowest BCUT2D eigenvalue weighted by Gasteiger charge is -2.18. The van der Waals surface area contributed by atoms with Crippen LogP contribution in [0.15, 0.2) is 17.3 Å². The highest BCUT2D eigenvalue weighted by molar-refractivity contribution is 8.13. The molecule has 1 heterocycles. The molecule has 0 bridgehead atoms. The molecule has 102 valence electrons. The van der Waals surface area contributed by atoms with Crippen LogP contribution in [0, 0.1) is 0 Å². The first kappa shape index (κ1) is 14.9. The average molecular weight is 279 g/mol. The second kappa shape index (κ2) is 6.72. The van der Waals surface area contributed by atoms with E-state index in [-0.39, 0.29) is 13.0 Å². The number of ether oxygens (including phenoxy) is 1. The molecule has 4 nitrogen and oxygen atoms in total. The highest BCUT2D eigenvalue weighted by atomic mass is 32.2. The minimum absolute atomic E-state index is 0.252. The standard InChI is InChI=1S/C11H15F2NO3S/c1-3-16-10(15)11(2)7-9(14-17-11)18-6-4-5-8(12)13/h5H,3-4,6-7H2,1-2H3. The molecular formula is C11H15F2NO3S. The fourth-order valence-electron chi connectivity index (χ4n) is 1.32. The lowest BCUT2D eigenvalue weighted by atomic mass is 10.0. The van der Waals surface area contributed by atoms with Gasteiger partial charge in [0.1, 0.15) is 5.04 Å². The second-order valence-electron chi connectivity index (χ2n) is 3.84. The number of nitrogens with zero attached hydrogens (tertiary/aromatic N) is 1. The molecule has 0 spiro atoms. The molecule has 0 fully saturated rings. The summed E-state index contributed by atoms with van der Waals surface area (Å²) in [5.74, 6) is 0.0115. The Hall–Kier alpha value is -1.11. The van der Waals surface area contributed by atoms with E-state index in [1.165, 1.54) is 11.8 Å². The van der Waals surface area contributed by atoms with E-state index in [1.54, 1.807) is 13.8 Å². The van der Waals surface area contributed by atoms with Crippen LogP contribution in [0.5, 0.6) is 0 Å². The molecule has 1 unspecified atom stereocenters. The molecule has 1 aliphatic heterocycles. The van der Waals surface area contributed by atoms with E-state index >= 15 is 0 Å². The van der Waals surface area contributed by atoms with E-state index < -0.39 is 17.7 Å². The highest BCUT2D eigenvalue weighted by Crippen LogP contribution is 2.29. The Bertz CT molecular complexity index is 369. The molecule has 0 saturated carbocycles. The number of hydrogen-bond acceptors (Lipinski definition) is 5. The van der Waals surface area contributed by atoms with Crippen LogP contribution in [0.25, 0.3) is 0 Å². The monoisotopic (exact) mass is 279 g/mol. The van der Waals surface area contributed by atoms with E-state index in [4.69, 9.17) is 9.57 Å². The van der Waals surface area contributed by atoms with Gasteiger partial charge in [-0.25, -0.2) is 4.79 Å². The maximum absolute atomic E-state index is 11.8. The number of rotatable bonds is 5. The Morgan fingerprint density at radius 3 is 3.00 bits per heavy atom. The van der Waals surface area contributed by atoms with Crippen molar-refractivity contribution in [3.63, 3.8) is 0 Å². The molecule has 0 radical (unpaired) electrons. The third-order valence-electron chi connectivity index (χ3n) is 2.23. The topological polar surface area (TPSA) is 47.9 Å². The van der Waals surface area contributed by atoms with Gasteiger partial charge in [-0.1, -0.05) is 5.16 Å². The van der Waals surface area contributed by atoms with Gasteiger partial charge < -0.3 is 9.57 Å². The lowest BCUT2D eigenvalue weighted by Crippen LogP contribution is -2.37. The van der Waals surface area contributed by atoms with Crippen LogP contribution >= 0.6 is 11.8 Å². The van der Waals surface area contributed by atoms with Crippen LogP contribution in [-0.2, 0) is 14.4 Å². The Labute approximate surface area is 108 Å². The molecule has 0 N–H and O–H groups in total. The van der Waals surface area contributed by atoms with Gasteiger partial charge in [0.2, 0.25) is 5.60 Å². The van der Waals surface area contributed by atoms with Crippen molar-refractivity contribution in [2.75, 3.05) is 12.4 Å². The van der Waals surface area contributed by atoms with Crippen molar-refractivity contribution in [1.82, 2.24) is 0 Å². The summed E-state index contributed by atoms with van der Waals surface area (Å²) < 4.78 is 28.4. The van der Waals surface area contributed by atoms with Gasteiger partial charge in [-0.05, 0) is 26.3 Å². The third kappa shape index (κ3) is 4.29. The van der Waals surface area contributed by atoms with Gasteiger partial charge in [0.25, 0.3) is 6.08 Å². The summed E-state index contributed by atoms with van der Waals surface area (Å²) in [6, 6.07) is 0. The number of oxime groups is 1. The SMILES string of the molecule is CCOC(=O)C1(C)CC(SCCC=C(F)F)=NO1. The van der Waals surface area contributed by atoms with E-state index in [2.05, 4.69) is 5.16 Å². The maximum Gasteiger partial charge on any atom is 0.353 e. The van der Waals surface area contributed by atoms with Crippen LogP contribution < -0.4 is 0 Å². The molecule has 7 heteroatoms. The zero-order valence-electron chi connectivity index (χ0n) is 10.2. The highest BCUT2D eigenvalue weighted by Gasteiger charge is 2.43. The number of esters is 1. The van der Waals surface area contributed by atoms with Crippen LogP contribution in [0.4, 0.5) is 8.78 Å². The minimum atomic E-state index is -1.68.